The Hall–Kier alpha value is -1.63. The van der Waals surface area contributed by atoms with Gasteiger partial charge in [0.1, 0.15) is 12.7 Å². The van der Waals surface area contributed by atoms with Crippen molar-refractivity contribution in [1.82, 2.24) is 0 Å². The third kappa shape index (κ3) is 15.9. The maximum absolute atomic E-state index is 11.6. The summed E-state index contributed by atoms with van der Waals surface area (Å²) in [6.07, 6.45) is 27.1. The van der Waals surface area contributed by atoms with Gasteiger partial charge in [0.15, 0.2) is 0 Å². The van der Waals surface area contributed by atoms with Crippen LogP contribution < -0.4 is 0 Å². The highest BCUT2D eigenvalue weighted by Gasteiger charge is 2.31. The third-order valence-electron chi connectivity index (χ3n) is 4.37. The quantitative estimate of drug-likeness (QED) is 0.168. The van der Waals surface area contributed by atoms with Crippen molar-refractivity contribution in [1.29, 1.82) is 0 Å². The summed E-state index contributed by atoms with van der Waals surface area (Å²) >= 11 is 0. The van der Waals surface area contributed by atoms with Crippen molar-refractivity contribution in [2.24, 2.45) is 0 Å². The van der Waals surface area contributed by atoms with E-state index in [4.69, 9.17) is 19.1 Å². The average Bonchev–Trinajstić information content (AvgIpc) is 3.14. The molecule has 0 aromatic carbocycles. The van der Waals surface area contributed by atoms with E-state index in [1.165, 1.54) is 25.7 Å². The van der Waals surface area contributed by atoms with Crippen molar-refractivity contribution in [3.05, 3.63) is 48.6 Å². The summed E-state index contributed by atoms with van der Waals surface area (Å²) in [5, 5.41) is 9.03. The van der Waals surface area contributed by atoms with E-state index < -0.39 is 7.32 Å². The number of rotatable bonds is 16. The molecule has 0 unspecified atom stereocenters. The number of hydrogen-bond acceptors (Lipinski definition) is 5. The first-order chi connectivity index (χ1) is 14.2. The standard InChI is InChI=1S/C23H37BO5/c1-2-3-4-5-6-7-8-9-10-11-12-13-14-15-16-17-18-19-23(25)27-20-22-21-28-24(26)29-22/h6-7,9-10,12-13,15-16,22,26H,2-5,8,11,14,17-21H2,1H3/b7-6-,10-9-,13-12-,16-15-/t22-/m0/s1. The molecule has 0 bridgehead atoms. The van der Waals surface area contributed by atoms with Gasteiger partial charge in [-0.3, -0.25) is 4.79 Å². The lowest BCUT2D eigenvalue weighted by Crippen LogP contribution is -2.22. The SMILES string of the molecule is CCCCC/C=C\C/C=C\C/C=C\C/C=C\CCCC(=O)OC[C@H]1COB(O)O1. The molecule has 1 saturated heterocycles. The Morgan fingerprint density at radius 2 is 1.55 bits per heavy atom. The van der Waals surface area contributed by atoms with Crippen LogP contribution in [0.1, 0.15) is 71.1 Å². The Balaban J connectivity index is 1.90. The van der Waals surface area contributed by atoms with Gasteiger partial charge in [0.25, 0.3) is 0 Å². The second-order valence-corrected chi connectivity index (χ2v) is 7.06. The van der Waals surface area contributed by atoms with E-state index in [9.17, 15) is 4.79 Å². The second-order valence-electron chi connectivity index (χ2n) is 7.06. The van der Waals surface area contributed by atoms with Crippen LogP contribution in [-0.4, -0.2) is 37.6 Å². The number of allylic oxidation sites excluding steroid dienone is 8. The molecule has 0 amide bonds. The zero-order chi connectivity index (χ0) is 21.0. The van der Waals surface area contributed by atoms with Gasteiger partial charge in [-0.05, 0) is 44.9 Å². The molecule has 1 aliphatic rings. The van der Waals surface area contributed by atoms with Crippen LogP contribution in [0.3, 0.4) is 0 Å². The number of carbonyl (C=O) groups excluding carboxylic acids is 1. The molecule has 0 spiro atoms. The van der Waals surface area contributed by atoms with Crippen LogP contribution in [-0.2, 0) is 18.8 Å². The smallest absolute Gasteiger partial charge is 0.463 e. The first-order valence-corrected chi connectivity index (χ1v) is 10.9. The van der Waals surface area contributed by atoms with Gasteiger partial charge in [0.2, 0.25) is 0 Å². The van der Waals surface area contributed by atoms with Gasteiger partial charge >= 0.3 is 13.3 Å². The lowest BCUT2D eigenvalue weighted by atomic mass is 10.2. The first kappa shape index (κ1) is 25.4. The molecule has 1 heterocycles. The van der Waals surface area contributed by atoms with Gasteiger partial charge < -0.3 is 19.1 Å². The third-order valence-corrected chi connectivity index (χ3v) is 4.37. The second kappa shape index (κ2) is 18.4. The average molecular weight is 404 g/mol. The van der Waals surface area contributed by atoms with Crippen LogP contribution in [0.2, 0.25) is 0 Å². The number of carbonyl (C=O) groups is 1. The van der Waals surface area contributed by atoms with E-state index in [2.05, 4.69) is 55.5 Å². The molecule has 0 aromatic heterocycles. The molecule has 1 N–H and O–H groups in total. The minimum Gasteiger partial charge on any atom is -0.463 e. The number of esters is 1. The molecule has 0 aliphatic carbocycles. The van der Waals surface area contributed by atoms with Crippen molar-refractivity contribution in [2.75, 3.05) is 13.2 Å². The summed E-state index contributed by atoms with van der Waals surface area (Å²) in [4.78, 5) is 11.6. The summed E-state index contributed by atoms with van der Waals surface area (Å²) in [7, 11) is -1.20. The summed E-state index contributed by atoms with van der Waals surface area (Å²) < 4.78 is 14.9. The van der Waals surface area contributed by atoms with E-state index in [0.29, 0.717) is 6.42 Å². The number of ether oxygens (including phenoxy) is 1. The molecule has 6 heteroatoms. The number of unbranched alkanes of at least 4 members (excludes halogenated alkanes) is 4. The van der Waals surface area contributed by atoms with E-state index in [1.54, 1.807) is 0 Å². The van der Waals surface area contributed by atoms with Crippen LogP contribution in [0, 0.1) is 0 Å². The minimum atomic E-state index is -1.20. The molecule has 0 aromatic rings. The van der Waals surface area contributed by atoms with E-state index in [1.807, 2.05) is 0 Å². The summed E-state index contributed by atoms with van der Waals surface area (Å²) in [5.74, 6) is -0.245. The van der Waals surface area contributed by atoms with Crippen molar-refractivity contribution in [3.63, 3.8) is 0 Å². The Morgan fingerprint density at radius 3 is 2.10 bits per heavy atom. The van der Waals surface area contributed by atoms with Crippen LogP contribution in [0.15, 0.2) is 48.6 Å². The molecule has 0 saturated carbocycles. The molecule has 1 fully saturated rings. The van der Waals surface area contributed by atoms with Gasteiger partial charge in [-0.2, -0.15) is 0 Å². The van der Waals surface area contributed by atoms with Crippen LogP contribution in [0.25, 0.3) is 0 Å². The van der Waals surface area contributed by atoms with E-state index in [-0.39, 0.29) is 25.3 Å². The molecular weight excluding hydrogens is 367 g/mol. The molecule has 1 aliphatic heterocycles. The van der Waals surface area contributed by atoms with Gasteiger partial charge in [-0.15, -0.1) is 0 Å². The number of hydrogen-bond donors (Lipinski definition) is 1. The largest absolute Gasteiger partial charge is 0.637 e. The maximum atomic E-state index is 11.6. The topological polar surface area (TPSA) is 65.0 Å². The van der Waals surface area contributed by atoms with Crippen molar-refractivity contribution in [2.45, 2.75) is 77.2 Å². The lowest BCUT2D eigenvalue weighted by molar-refractivity contribution is -0.146. The normalized spacial score (nSPS) is 17.6. The molecular formula is C23H37BO5. The van der Waals surface area contributed by atoms with Gasteiger partial charge in [0.05, 0.1) is 6.61 Å². The zero-order valence-electron chi connectivity index (χ0n) is 17.8. The monoisotopic (exact) mass is 404 g/mol. The molecule has 5 nitrogen and oxygen atoms in total. The molecule has 0 radical (unpaired) electrons. The molecule has 1 atom stereocenters. The van der Waals surface area contributed by atoms with Crippen molar-refractivity contribution >= 4 is 13.3 Å². The van der Waals surface area contributed by atoms with Crippen molar-refractivity contribution < 1.29 is 23.9 Å². The molecule has 1 rings (SSSR count). The molecule has 29 heavy (non-hydrogen) atoms. The minimum absolute atomic E-state index is 0.125. The zero-order valence-corrected chi connectivity index (χ0v) is 17.8. The fourth-order valence-corrected chi connectivity index (χ4v) is 2.70. The fourth-order valence-electron chi connectivity index (χ4n) is 2.70. The highest BCUT2D eigenvalue weighted by Crippen LogP contribution is 2.08. The highest BCUT2D eigenvalue weighted by molar-refractivity contribution is 6.35. The van der Waals surface area contributed by atoms with E-state index in [0.717, 1.165) is 32.1 Å². The fraction of sp³-hybridized carbons (Fsp3) is 0.609. The van der Waals surface area contributed by atoms with Gasteiger partial charge in [-0.1, -0.05) is 68.4 Å². The first-order valence-electron chi connectivity index (χ1n) is 10.9. The van der Waals surface area contributed by atoms with Crippen LogP contribution >= 0.6 is 0 Å². The van der Waals surface area contributed by atoms with Gasteiger partial charge in [0, 0.05) is 6.42 Å². The van der Waals surface area contributed by atoms with Crippen LogP contribution in [0.4, 0.5) is 0 Å². The Morgan fingerprint density at radius 1 is 0.966 bits per heavy atom. The van der Waals surface area contributed by atoms with Crippen molar-refractivity contribution in [3.8, 4) is 0 Å². The van der Waals surface area contributed by atoms with Gasteiger partial charge in [-0.25, -0.2) is 0 Å². The maximum Gasteiger partial charge on any atom is 0.637 e. The Bertz CT molecular complexity index is 527. The van der Waals surface area contributed by atoms with Crippen LogP contribution in [0.5, 0.6) is 0 Å². The predicted octanol–water partition coefficient (Wildman–Crippen LogP) is 5.07. The summed E-state index contributed by atoms with van der Waals surface area (Å²) in [6, 6.07) is 0. The summed E-state index contributed by atoms with van der Waals surface area (Å²) in [5.41, 5.74) is 0. The summed E-state index contributed by atoms with van der Waals surface area (Å²) in [6.45, 7) is 2.60. The van der Waals surface area contributed by atoms with E-state index >= 15 is 0 Å². The Kier molecular flexibility index (Phi) is 16.1. The highest BCUT2D eigenvalue weighted by atomic mass is 16.7. The lowest BCUT2D eigenvalue weighted by Gasteiger charge is -2.09. The Labute approximate surface area is 176 Å². The molecule has 162 valence electrons. The predicted molar refractivity (Wildman–Crippen MR) is 118 cm³/mol.